The van der Waals surface area contributed by atoms with Gasteiger partial charge < -0.3 is 49.4 Å². The maximum atomic E-state index is 12.0. The molecular weight excluding hydrogens is 478 g/mol. The quantitative estimate of drug-likeness (QED) is 0.115. The van der Waals surface area contributed by atoms with E-state index >= 15 is 0 Å². The molecule has 4 N–H and O–H groups in total. The van der Waals surface area contributed by atoms with Crippen molar-refractivity contribution in [3.8, 4) is 0 Å². The van der Waals surface area contributed by atoms with Gasteiger partial charge in [0.2, 0.25) is 11.8 Å². The van der Waals surface area contributed by atoms with Crippen molar-refractivity contribution in [3.05, 3.63) is 24.4 Å². The summed E-state index contributed by atoms with van der Waals surface area (Å²) >= 11 is 0. The van der Waals surface area contributed by atoms with Crippen LogP contribution in [-0.2, 0) is 38.1 Å². The van der Waals surface area contributed by atoms with Gasteiger partial charge in [-0.25, -0.2) is 0 Å². The van der Waals surface area contributed by atoms with Crippen LogP contribution in [0.15, 0.2) is 24.4 Å². The number of nitrogens with zero attached hydrogens (tertiary/aromatic N) is 1. The predicted molar refractivity (Wildman–Crippen MR) is 125 cm³/mol. The van der Waals surface area contributed by atoms with Gasteiger partial charge >= 0.3 is 5.97 Å². The van der Waals surface area contributed by atoms with E-state index in [1.807, 2.05) is 0 Å². The van der Waals surface area contributed by atoms with Crippen LogP contribution in [0, 0.1) is 0 Å². The lowest BCUT2D eigenvalue weighted by atomic mass is 9.94. The minimum absolute atomic E-state index is 0.0431. The molecule has 3 unspecified atom stereocenters. The van der Waals surface area contributed by atoms with Crippen molar-refractivity contribution >= 4 is 17.8 Å². The number of fused-ring (bicyclic) bond motifs is 1. The number of carbonyl (C=O) groups excluding carboxylic acids is 3. The minimum atomic E-state index is -1.32. The summed E-state index contributed by atoms with van der Waals surface area (Å²) in [6, 6.07) is -0.814. The fourth-order valence-electron chi connectivity index (χ4n) is 3.70. The molecule has 2 amide bonds. The van der Waals surface area contributed by atoms with Crippen LogP contribution in [0.1, 0.15) is 13.8 Å². The molecule has 0 aromatic carbocycles. The molecule has 2 aliphatic rings. The number of morpholine rings is 1. The highest BCUT2D eigenvalue weighted by atomic mass is 16.7. The first-order valence-corrected chi connectivity index (χ1v) is 11.8. The SMILES string of the molecule is C=C/C=C(\C)NCC(=O)OCCOCCOCC(=O)NCC1O[C@@H]2OCCN(C(C)=O)[C@H]2C(O)C1O. The fourth-order valence-corrected chi connectivity index (χ4v) is 3.70. The smallest absolute Gasteiger partial charge is 0.325 e. The zero-order chi connectivity index (χ0) is 26.5. The molecule has 204 valence electrons. The summed E-state index contributed by atoms with van der Waals surface area (Å²) in [5, 5.41) is 26.4. The van der Waals surface area contributed by atoms with Crippen molar-refractivity contribution in [2.45, 2.75) is 44.5 Å². The number of amides is 2. The van der Waals surface area contributed by atoms with Gasteiger partial charge in [-0.15, -0.1) is 0 Å². The average Bonchev–Trinajstić information content (AvgIpc) is 2.85. The maximum Gasteiger partial charge on any atom is 0.325 e. The monoisotopic (exact) mass is 515 g/mol. The van der Waals surface area contributed by atoms with E-state index < -0.39 is 42.5 Å². The van der Waals surface area contributed by atoms with Gasteiger partial charge in [0.15, 0.2) is 6.29 Å². The molecule has 2 saturated heterocycles. The lowest BCUT2D eigenvalue weighted by Crippen LogP contribution is -2.68. The van der Waals surface area contributed by atoms with Gasteiger partial charge in [0.05, 0.1) is 26.4 Å². The van der Waals surface area contributed by atoms with Gasteiger partial charge in [-0.1, -0.05) is 12.7 Å². The zero-order valence-corrected chi connectivity index (χ0v) is 20.7. The molecule has 2 aliphatic heterocycles. The van der Waals surface area contributed by atoms with Crippen LogP contribution in [0.4, 0.5) is 0 Å². The number of aliphatic hydroxyl groups is 2. The zero-order valence-electron chi connectivity index (χ0n) is 20.7. The second-order valence-corrected chi connectivity index (χ2v) is 8.23. The first-order chi connectivity index (χ1) is 17.2. The third-order valence-corrected chi connectivity index (χ3v) is 5.52. The molecule has 0 aliphatic carbocycles. The van der Waals surface area contributed by atoms with E-state index in [1.165, 1.54) is 11.8 Å². The number of ether oxygens (including phenoxy) is 5. The van der Waals surface area contributed by atoms with Crippen molar-refractivity contribution in [2.75, 3.05) is 59.3 Å². The third kappa shape index (κ3) is 9.48. The Kier molecular flexibility index (Phi) is 12.8. The number of aliphatic hydroxyl groups excluding tert-OH is 2. The molecule has 0 aromatic heterocycles. The largest absolute Gasteiger partial charge is 0.462 e. The standard InChI is InChI=1S/C23H37N3O10/c1-4-5-15(2)24-13-19(29)34-11-10-32-8-9-33-14-18(28)25-12-17-21(30)22(31)20-23(36-17)35-7-6-26(20)16(3)27/h4-5,17,20-24,30-31H,1,6-14H2,2-3H3,(H,25,28)/b15-5+/t17?,20-,21?,22?,23-/m0/s1. The Balaban J connectivity index is 1.54. The topological polar surface area (TPSA) is 165 Å². The number of esters is 1. The highest BCUT2D eigenvalue weighted by molar-refractivity contribution is 5.77. The highest BCUT2D eigenvalue weighted by Gasteiger charge is 2.50. The van der Waals surface area contributed by atoms with Crippen LogP contribution in [-0.4, -0.2) is 123 Å². The Morgan fingerprint density at radius 2 is 1.81 bits per heavy atom. The van der Waals surface area contributed by atoms with Gasteiger partial charge in [-0.3, -0.25) is 14.4 Å². The van der Waals surface area contributed by atoms with E-state index in [4.69, 9.17) is 23.7 Å². The fraction of sp³-hybridized carbons (Fsp3) is 0.696. The summed E-state index contributed by atoms with van der Waals surface area (Å²) < 4.78 is 26.7. The molecule has 0 radical (unpaired) electrons. The van der Waals surface area contributed by atoms with E-state index in [1.54, 1.807) is 19.1 Å². The second kappa shape index (κ2) is 15.5. The molecule has 5 atom stereocenters. The van der Waals surface area contributed by atoms with Crippen molar-refractivity contribution in [3.63, 3.8) is 0 Å². The number of allylic oxidation sites excluding steroid dienone is 3. The number of rotatable bonds is 14. The Bertz CT molecular complexity index is 775. The summed E-state index contributed by atoms with van der Waals surface area (Å²) in [4.78, 5) is 36.8. The molecule has 2 fully saturated rings. The van der Waals surface area contributed by atoms with Crippen LogP contribution < -0.4 is 10.6 Å². The summed E-state index contributed by atoms with van der Waals surface area (Å²) in [7, 11) is 0. The lowest BCUT2D eigenvalue weighted by molar-refractivity contribution is -0.296. The van der Waals surface area contributed by atoms with Crippen LogP contribution >= 0.6 is 0 Å². The van der Waals surface area contributed by atoms with E-state index in [2.05, 4.69) is 17.2 Å². The van der Waals surface area contributed by atoms with Crippen molar-refractivity contribution in [1.82, 2.24) is 15.5 Å². The van der Waals surface area contributed by atoms with E-state index in [0.717, 1.165) is 5.70 Å². The highest BCUT2D eigenvalue weighted by Crippen LogP contribution is 2.28. The lowest BCUT2D eigenvalue weighted by Gasteiger charge is -2.49. The molecule has 13 heteroatoms. The van der Waals surface area contributed by atoms with Gasteiger partial charge in [-0.05, 0) is 13.0 Å². The van der Waals surface area contributed by atoms with E-state index in [-0.39, 0.29) is 58.6 Å². The van der Waals surface area contributed by atoms with Crippen molar-refractivity contribution < 1.29 is 48.3 Å². The van der Waals surface area contributed by atoms with Crippen LogP contribution in [0.3, 0.4) is 0 Å². The summed E-state index contributed by atoms with van der Waals surface area (Å²) in [6.45, 7) is 7.63. The van der Waals surface area contributed by atoms with Gasteiger partial charge in [0.25, 0.3) is 0 Å². The minimum Gasteiger partial charge on any atom is -0.462 e. The van der Waals surface area contributed by atoms with Crippen LogP contribution in [0.2, 0.25) is 0 Å². The molecule has 0 bridgehead atoms. The summed E-state index contributed by atoms with van der Waals surface area (Å²) in [5.74, 6) is -1.11. The Labute approximate surface area is 210 Å². The molecule has 13 nitrogen and oxygen atoms in total. The van der Waals surface area contributed by atoms with Crippen molar-refractivity contribution in [2.24, 2.45) is 0 Å². The summed E-state index contributed by atoms with van der Waals surface area (Å²) in [6.07, 6.45) is -1.07. The first-order valence-electron chi connectivity index (χ1n) is 11.8. The molecule has 0 spiro atoms. The molecule has 0 saturated carbocycles. The van der Waals surface area contributed by atoms with Crippen LogP contribution in [0.5, 0.6) is 0 Å². The maximum absolute atomic E-state index is 12.0. The molecule has 2 heterocycles. The van der Waals surface area contributed by atoms with Crippen LogP contribution in [0.25, 0.3) is 0 Å². The number of hydrogen-bond acceptors (Lipinski definition) is 11. The van der Waals surface area contributed by atoms with Crippen molar-refractivity contribution in [1.29, 1.82) is 0 Å². The number of carbonyl (C=O) groups is 3. The molecule has 2 rings (SSSR count). The van der Waals surface area contributed by atoms with Gasteiger partial charge in [-0.2, -0.15) is 0 Å². The average molecular weight is 516 g/mol. The number of hydrogen-bond donors (Lipinski definition) is 4. The van der Waals surface area contributed by atoms with Gasteiger partial charge in [0.1, 0.15) is 44.1 Å². The Morgan fingerprint density at radius 1 is 1.08 bits per heavy atom. The summed E-state index contributed by atoms with van der Waals surface area (Å²) in [5.41, 5.74) is 0.798. The Morgan fingerprint density at radius 3 is 2.53 bits per heavy atom. The molecule has 36 heavy (non-hydrogen) atoms. The van der Waals surface area contributed by atoms with E-state index in [0.29, 0.717) is 6.54 Å². The van der Waals surface area contributed by atoms with E-state index in [9.17, 15) is 24.6 Å². The third-order valence-electron chi connectivity index (χ3n) is 5.52. The van der Waals surface area contributed by atoms with Gasteiger partial charge in [0, 0.05) is 25.7 Å². The Hall–Kier alpha value is -2.55. The molecular formula is C23H37N3O10. The predicted octanol–water partition coefficient (Wildman–Crippen LogP) is -1.95. The first kappa shape index (κ1) is 29.7. The molecule has 0 aromatic rings. The normalized spacial score (nSPS) is 26.1. The number of nitrogens with one attached hydrogen (secondary N) is 2. The second-order valence-electron chi connectivity index (χ2n) is 8.23.